The molecule has 0 bridgehead atoms. The van der Waals surface area contributed by atoms with Crippen molar-refractivity contribution in [1.29, 1.82) is 0 Å². The number of ether oxygens (including phenoxy) is 1. The Bertz CT molecular complexity index is 695. The maximum absolute atomic E-state index is 12.6. The number of halogens is 1. The summed E-state index contributed by atoms with van der Waals surface area (Å²) in [5.41, 5.74) is 1.87. The Kier molecular flexibility index (Phi) is 5.60. The van der Waals surface area contributed by atoms with Crippen LogP contribution in [-0.4, -0.2) is 43.6 Å². The highest BCUT2D eigenvalue weighted by atomic mass is 127. The molecule has 0 saturated carbocycles. The number of benzene rings is 2. The first-order valence-electron chi connectivity index (χ1n) is 8.20. The summed E-state index contributed by atoms with van der Waals surface area (Å²) in [6, 6.07) is 15.9. The molecule has 1 amide bonds. The second-order valence-electron chi connectivity index (χ2n) is 5.69. The largest absolute Gasteiger partial charge is 0.492 e. The van der Waals surface area contributed by atoms with E-state index in [0.717, 1.165) is 46.7 Å². The van der Waals surface area contributed by atoms with Crippen molar-refractivity contribution >= 4 is 34.2 Å². The van der Waals surface area contributed by atoms with Gasteiger partial charge in [-0.3, -0.25) is 4.79 Å². The van der Waals surface area contributed by atoms with Gasteiger partial charge in [0.1, 0.15) is 5.75 Å². The molecule has 0 unspecified atom stereocenters. The molecule has 3 rings (SSSR count). The lowest BCUT2D eigenvalue weighted by Gasteiger charge is -2.36. The van der Waals surface area contributed by atoms with Gasteiger partial charge in [-0.1, -0.05) is 12.1 Å². The topological polar surface area (TPSA) is 32.8 Å². The van der Waals surface area contributed by atoms with E-state index >= 15 is 0 Å². The fourth-order valence-electron chi connectivity index (χ4n) is 2.92. The third-order valence-electron chi connectivity index (χ3n) is 4.16. The van der Waals surface area contributed by atoms with Crippen LogP contribution in [0.25, 0.3) is 0 Å². The second kappa shape index (κ2) is 7.88. The Morgan fingerprint density at radius 1 is 1.04 bits per heavy atom. The van der Waals surface area contributed by atoms with Crippen molar-refractivity contribution in [2.75, 3.05) is 37.7 Å². The van der Waals surface area contributed by atoms with E-state index in [1.54, 1.807) is 0 Å². The van der Waals surface area contributed by atoms with E-state index < -0.39 is 0 Å². The summed E-state index contributed by atoms with van der Waals surface area (Å²) in [4.78, 5) is 16.8. The number of nitrogens with zero attached hydrogens (tertiary/aromatic N) is 2. The van der Waals surface area contributed by atoms with E-state index in [9.17, 15) is 4.79 Å². The van der Waals surface area contributed by atoms with Crippen LogP contribution in [-0.2, 0) is 0 Å². The summed E-state index contributed by atoms with van der Waals surface area (Å²) in [5.74, 6) is 1.03. The van der Waals surface area contributed by atoms with Gasteiger partial charge in [0.05, 0.1) is 12.3 Å². The Labute approximate surface area is 156 Å². The summed E-state index contributed by atoms with van der Waals surface area (Å²) in [6.45, 7) is 5.74. The quantitative estimate of drug-likeness (QED) is 0.687. The van der Waals surface area contributed by atoms with Crippen molar-refractivity contribution < 1.29 is 9.53 Å². The average Bonchev–Trinajstić information content (AvgIpc) is 2.63. The second-order valence-corrected chi connectivity index (χ2v) is 6.93. The van der Waals surface area contributed by atoms with Gasteiger partial charge < -0.3 is 14.5 Å². The Hall–Kier alpha value is -1.76. The first-order chi connectivity index (χ1) is 11.7. The van der Waals surface area contributed by atoms with Gasteiger partial charge in [-0.05, 0) is 65.9 Å². The van der Waals surface area contributed by atoms with Crippen LogP contribution in [0.15, 0.2) is 48.5 Å². The van der Waals surface area contributed by atoms with Gasteiger partial charge in [-0.25, -0.2) is 0 Å². The highest BCUT2D eigenvalue weighted by Gasteiger charge is 2.23. The molecule has 0 radical (unpaired) electrons. The maximum Gasteiger partial charge on any atom is 0.253 e. The molecular formula is C19H21IN2O2. The molecular weight excluding hydrogens is 415 g/mol. The lowest BCUT2D eigenvalue weighted by Crippen LogP contribution is -2.48. The molecule has 0 aliphatic carbocycles. The van der Waals surface area contributed by atoms with E-state index in [-0.39, 0.29) is 5.91 Å². The number of anilines is 1. The zero-order valence-electron chi connectivity index (χ0n) is 13.7. The molecule has 5 heteroatoms. The number of para-hydroxylation sites is 2. The van der Waals surface area contributed by atoms with E-state index in [2.05, 4.69) is 33.6 Å². The minimum atomic E-state index is 0.115. The first kappa shape index (κ1) is 17.1. The van der Waals surface area contributed by atoms with Crippen molar-refractivity contribution in [2.45, 2.75) is 6.92 Å². The minimum absolute atomic E-state index is 0.115. The summed E-state index contributed by atoms with van der Waals surface area (Å²) in [6.07, 6.45) is 0. The fraction of sp³-hybridized carbons (Fsp3) is 0.316. The number of amides is 1. The van der Waals surface area contributed by atoms with Gasteiger partial charge >= 0.3 is 0 Å². The van der Waals surface area contributed by atoms with Crippen LogP contribution in [0.2, 0.25) is 0 Å². The molecule has 0 atom stereocenters. The lowest BCUT2D eigenvalue weighted by molar-refractivity contribution is 0.0746. The lowest BCUT2D eigenvalue weighted by atomic mass is 10.1. The van der Waals surface area contributed by atoms with Crippen molar-refractivity contribution in [3.05, 3.63) is 57.7 Å². The molecule has 1 aliphatic rings. The molecule has 0 N–H and O–H groups in total. The highest BCUT2D eigenvalue weighted by molar-refractivity contribution is 14.1. The number of hydrogen-bond donors (Lipinski definition) is 0. The van der Waals surface area contributed by atoms with Crippen molar-refractivity contribution in [2.24, 2.45) is 0 Å². The van der Waals surface area contributed by atoms with Crippen LogP contribution in [0.3, 0.4) is 0 Å². The Morgan fingerprint density at radius 2 is 1.71 bits per heavy atom. The number of carbonyl (C=O) groups is 1. The van der Waals surface area contributed by atoms with Crippen LogP contribution < -0.4 is 9.64 Å². The van der Waals surface area contributed by atoms with Crippen molar-refractivity contribution in [1.82, 2.24) is 4.90 Å². The zero-order valence-corrected chi connectivity index (χ0v) is 15.9. The van der Waals surface area contributed by atoms with Crippen LogP contribution in [0, 0.1) is 3.57 Å². The van der Waals surface area contributed by atoms with E-state index in [0.29, 0.717) is 6.61 Å². The standard InChI is InChI=1S/C19H21IN2O2/c1-2-24-18-6-4-3-5-17(18)21-11-13-22(14-12-21)19(23)15-7-9-16(20)10-8-15/h3-10H,2,11-14H2,1H3. The number of hydrogen-bond acceptors (Lipinski definition) is 3. The average molecular weight is 436 g/mol. The Morgan fingerprint density at radius 3 is 2.38 bits per heavy atom. The smallest absolute Gasteiger partial charge is 0.253 e. The van der Waals surface area contributed by atoms with E-state index in [1.165, 1.54) is 0 Å². The highest BCUT2D eigenvalue weighted by Crippen LogP contribution is 2.29. The van der Waals surface area contributed by atoms with Gasteiger partial charge in [0.2, 0.25) is 0 Å². The SMILES string of the molecule is CCOc1ccccc1N1CCN(C(=O)c2ccc(I)cc2)CC1. The van der Waals surface area contributed by atoms with E-state index in [4.69, 9.17) is 4.74 Å². The fourth-order valence-corrected chi connectivity index (χ4v) is 3.28. The molecule has 2 aromatic carbocycles. The summed E-state index contributed by atoms with van der Waals surface area (Å²) < 4.78 is 6.86. The predicted molar refractivity (Wildman–Crippen MR) is 105 cm³/mol. The molecule has 0 aromatic heterocycles. The van der Waals surface area contributed by atoms with Gasteiger partial charge in [0, 0.05) is 35.3 Å². The normalized spacial score (nSPS) is 14.6. The molecule has 1 heterocycles. The number of piperazine rings is 1. The van der Waals surface area contributed by atoms with Crippen molar-refractivity contribution in [3.63, 3.8) is 0 Å². The van der Waals surface area contributed by atoms with Crippen LogP contribution in [0.1, 0.15) is 17.3 Å². The number of rotatable bonds is 4. The molecule has 126 valence electrons. The molecule has 2 aromatic rings. The summed E-state index contributed by atoms with van der Waals surface area (Å²) in [7, 11) is 0. The molecule has 4 nitrogen and oxygen atoms in total. The third kappa shape index (κ3) is 3.83. The van der Waals surface area contributed by atoms with Gasteiger partial charge in [0.25, 0.3) is 5.91 Å². The first-order valence-corrected chi connectivity index (χ1v) is 9.28. The molecule has 1 saturated heterocycles. The third-order valence-corrected chi connectivity index (χ3v) is 4.88. The Balaban J connectivity index is 1.65. The predicted octanol–water partition coefficient (Wildman–Crippen LogP) is 3.65. The van der Waals surface area contributed by atoms with Gasteiger partial charge in [-0.2, -0.15) is 0 Å². The van der Waals surface area contributed by atoms with Crippen molar-refractivity contribution in [3.8, 4) is 5.75 Å². The van der Waals surface area contributed by atoms with Gasteiger partial charge in [-0.15, -0.1) is 0 Å². The van der Waals surface area contributed by atoms with Crippen LogP contribution >= 0.6 is 22.6 Å². The minimum Gasteiger partial charge on any atom is -0.492 e. The summed E-state index contributed by atoms with van der Waals surface area (Å²) in [5, 5.41) is 0. The van der Waals surface area contributed by atoms with Crippen LogP contribution in [0.5, 0.6) is 5.75 Å². The molecule has 1 aliphatic heterocycles. The monoisotopic (exact) mass is 436 g/mol. The maximum atomic E-state index is 12.6. The number of carbonyl (C=O) groups excluding carboxylic acids is 1. The molecule has 24 heavy (non-hydrogen) atoms. The van der Waals surface area contributed by atoms with Gasteiger partial charge in [0.15, 0.2) is 0 Å². The molecule has 1 fully saturated rings. The molecule has 0 spiro atoms. The van der Waals surface area contributed by atoms with E-state index in [1.807, 2.05) is 54.3 Å². The zero-order chi connectivity index (χ0) is 16.9. The summed E-state index contributed by atoms with van der Waals surface area (Å²) >= 11 is 2.25. The van der Waals surface area contributed by atoms with Crippen LogP contribution in [0.4, 0.5) is 5.69 Å².